The highest BCUT2D eigenvalue weighted by molar-refractivity contribution is 6.33. The van der Waals surface area contributed by atoms with Gasteiger partial charge >= 0.3 is 0 Å². The second kappa shape index (κ2) is 3.22. The monoisotopic (exact) mass is 231 g/mol. The van der Waals surface area contributed by atoms with E-state index in [9.17, 15) is 4.79 Å². The van der Waals surface area contributed by atoms with Crippen molar-refractivity contribution in [2.75, 3.05) is 0 Å². The SMILES string of the molecule is C=Cc1c(Cl)ccc2[nH]c3c(c12)CCC3=O. The first-order valence-corrected chi connectivity index (χ1v) is 5.59. The summed E-state index contributed by atoms with van der Waals surface area (Å²) in [5.41, 5.74) is 3.74. The normalized spacial score (nSPS) is 14.4. The molecule has 0 fully saturated rings. The quantitative estimate of drug-likeness (QED) is 0.799. The van der Waals surface area contributed by atoms with Crippen molar-refractivity contribution >= 4 is 34.4 Å². The summed E-state index contributed by atoms with van der Waals surface area (Å²) in [4.78, 5) is 14.8. The molecular weight excluding hydrogens is 222 g/mol. The molecule has 3 heteroatoms. The molecule has 0 radical (unpaired) electrons. The number of rotatable bonds is 1. The molecule has 3 rings (SSSR count). The van der Waals surface area contributed by atoms with Crippen LogP contribution in [-0.4, -0.2) is 10.8 Å². The number of aryl methyl sites for hydroxylation is 1. The van der Waals surface area contributed by atoms with Gasteiger partial charge in [-0.1, -0.05) is 24.3 Å². The standard InChI is InChI=1S/C13H10ClNO/c1-2-7-9(14)4-5-10-12(7)8-3-6-11(16)13(8)15-10/h2,4-5,15H,1,3,6H2. The number of Topliss-reactive ketones (excluding diaryl/α,β-unsaturated/α-hetero) is 1. The Hall–Kier alpha value is -1.54. The number of H-pyrrole nitrogens is 1. The topological polar surface area (TPSA) is 32.9 Å². The van der Waals surface area contributed by atoms with Crippen LogP contribution in [0.1, 0.15) is 28.0 Å². The average molecular weight is 232 g/mol. The summed E-state index contributed by atoms with van der Waals surface area (Å²) in [7, 11) is 0. The molecule has 0 atom stereocenters. The first kappa shape index (κ1) is 9.67. The van der Waals surface area contributed by atoms with E-state index in [1.165, 1.54) is 0 Å². The summed E-state index contributed by atoms with van der Waals surface area (Å²) < 4.78 is 0. The fourth-order valence-electron chi connectivity index (χ4n) is 2.41. The molecule has 80 valence electrons. The van der Waals surface area contributed by atoms with Crippen LogP contribution in [0.15, 0.2) is 18.7 Å². The van der Waals surface area contributed by atoms with Gasteiger partial charge in [0.15, 0.2) is 5.78 Å². The van der Waals surface area contributed by atoms with Crippen molar-refractivity contribution in [3.8, 4) is 0 Å². The lowest BCUT2D eigenvalue weighted by Crippen LogP contribution is -1.90. The van der Waals surface area contributed by atoms with E-state index in [2.05, 4.69) is 11.6 Å². The molecule has 1 aliphatic carbocycles. The summed E-state index contributed by atoms with van der Waals surface area (Å²) in [6, 6.07) is 3.74. The van der Waals surface area contributed by atoms with Crippen molar-refractivity contribution in [2.24, 2.45) is 0 Å². The molecule has 2 nitrogen and oxygen atoms in total. The zero-order chi connectivity index (χ0) is 11.3. The average Bonchev–Trinajstić information content (AvgIpc) is 2.80. The number of benzene rings is 1. The third kappa shape index (κ3) is 1.11. The van der Waals surface area contributed by atoms with Crippen LogP contribution < -0.4 is 0 Å². The first-order valence-electron chi connectivity index (χ1n) is 5.21. The van der Waals surface area contributed by atoms with Crippen molar-refractivity contribution in [1.82, 2.24) is 4.98 Å². The number of fused-ring (bicyclic) bond motifs is 3. The Morgan fingerprint density at radius 3 is 2.94 bits per heavy atom. The Morgan fingerprint density at radius 1 is 1.38 bits per heavy atom. The molecule has 1 aliphatic rings. The van der Waals surface area contributed by atoms with Crippen LogP contribution in [-0.2, 0) is 6.42 Å². The molecule has 1 N–H and O–H groups in total. The lowest BCUT2D eigenvalue weighted by Gasteiger charge is -2.02. The number of aromatic nitrogens is 1. The summed E-state index contributed by atoms with van der Waals surface area (Å²) in [5, 5.41) is 1.74. The number of ketones is 1. The van der Waals surface area contributed by atoms with Crippen LogP contribution in [0.3, 0.4) is 0 Å². The second-order valence-electron chi connectivity index (χ2n) is 3.99. The predicted molar refractivity (Wildman–Crippen MR) is 66.1 cm³/mol. The molecular formula is C13H10ClNO. The number of hydrogen-bond donors (Lipinski definition) is 1. The van der Waals surface area contributed by atoms with Gasteiger partial charge in [0, 0.05) is 27.9 Å². The lowest BCUT2D eigenvalue weighted by atomic mass is 10.0. The van der Waals surface area contributed by atoms with Crippen LogP contribution in [0.4, 0.5) is 0 Å². The highest BCUT2D eigenvalue weighted by atomic mass is 35.5. The van der Waals surface area contributed by atoms with E-state index in [4.69, 9.17) is 11.6 Å². The van der Waals surface area contributed by atoms with Gasteiger partial charge in [-0.25, -0.2) is 0 Å². The molecule has 1 heterocycles. The number of halogens is 1. The molecule has 1 aromatic heterocycles. The van der Waals surface area contributed by atoms with E-state index in [-0.39, 0.29) is 5.78 Å². The van der Waals surface area contributed by atoms with Gasteiger partial charge < -0.3 is 4.98 Å². The van der Waals surface area contributed by atoms with Gasteiger partial charge in [0.2, 0.25) is 0 Å². The molecule has 0 spiro atoms. The van der Waals surface area contributed by atoms with Crippen LogP contribution in [0.2, 0.25) is 5.02 Å². The van der Waals surface area contributed by atoms with Crippen LogP contribution in [0.5, 0.6) is 0 Å². The summed E-state index contributed by atoms with van der Waals surface area (Å²) in [6.45, 7) is 3.78. The molecule has 16 heavy (non-hydrogen) atoms. The molecule has 2 aromatic rings. The van der Waals surface area contributed by atoms with Gasteiger partial charge in [-0.3, -0.25) is 4.79 Å². The van der Waals surface area contributed by atoms with E-state index >= 15 is 0 Å². The van der Waals surface area contributed by atoms with E-state index in [0.29, 0.717) is 11.4 Å². The molecule has 1 aromatic carbocycles. The number of hydrogen-bond acceptors (Lipinski definition) is 1. The minimum atomic E-state index is 0.192. The van der Waals surface area contributed by atoms with Crippen molar-refractivity contribution in [2.45, 2.75) is 12.8 Å². The Labute approximate surface area is 97.9 Å². The van der Waals surface area contributed by atoms with Crippen molar-refractivity contribution < 1.29 is 4.79 Å². The van der Waals surface area contributed by atoms with E-state index < -0.39 is 0 Å². The van der Waals surface area contributed by atoms with E-state index in [0.717, 1.165) is 34.1 Å². The lowest BCUT2D eigenvalue weighted by molar-refractivity contribution is 0.0991. The van der Waals surface area contributed by atoms with E-state index in [1.54, 1.807) is 6.08 Å². The first-order chi connectivity index (χ1) is 7.72. The molecule has 0 unspecified atom stereocenters. The Morgan fingerprint density at radius 2 is 2.19 bits per heavy atom. The summed E-state index contributed by atoms with van der Waals surface area (Å²) in [5.74, 6) is 0.192. The highest BCUT2D eigenvalue weighted by Crippen LogP contribution is 2.35. The third-order valence-corrected chi connectivity index (χ3v) is 3.47. The minimum absolute atomic E-state index is 0.192. The van der Waals surface area contributed by atoms with Crippen molar-refractivity contribution in [1.29, 1.82) is 0 Å². The molecule has 0 amide bonds. The van der Waals surface area contributed by atoms with Crippen LogP contribution in [0.25, 0.3) is 17.0 Å². The van der Waals surface area contributed by atoms with Gasteiger partial charge in [0.25, 0.3) is 0 Å². The zero-order valence-electron chi connectivity index (χ0n) is 8.64. The van der Waals surface area contributed by atoms with Gasteiger partial charge in [-0.05, 0) is 24.1 Å². The third-order valence-electron chi connectivity index (χ3n) is 3.14. The van der Waals surface area contributed by atoms with E-state index in [1.807, 2.05) is 12.1 Å². The zero-order valence-corrected chi connectivity index (χ0v) is 9.40. The Balaban J connectivity index is 2.47. The maximum absolute atomic E-state index is 11.6. The van der Waals surface area contributed by atoms with Crippen LogP contribution in [0, 0.1) is 0 Å². The smallest absolute Gasteiger partial charge is 0.179 e. The number of nitrogens with one attached hydrogen (secondary N) is 1. The fourth-order valence-corrected chi connectivity index (χ4v) is 2.64. The maximum atomic E-state index is 11.6. The Bertz CT molecular complexity index is 624. The molecule has 0 aliphatic heterocycles. The maximum Gasteiger partial charge on any atom is 0.179 e. The number of carbonyl (C=O) groups is 1. The van der Waals surface area contributed by atoms with Crippen molar-refractivity contribution in [3.63, 3.8) is 0 Å². The minimum Gasteiger partial charge on any atom is -0.352 e. The summed E-state index contributed by atoms with van der Waals surface area (Å²) in [6.07, 6.45) is 3.15. The largest absolute Gasteiger partial charge is 0.352 e. The predicted octanol–water partition coefficient (Wildman–Crippen LogP) is 3.59. The fraction of sp³-hybridized carbons (Fsp3) is 0.154. The number of carbonyl (C=O) groups excluding carboxylic acids is 1. The van der Waals surface area contributed by atoms with Gasteiger partial charge in [-0.2, -0.15) is 0 Å². The second-order valence-corrected chi connectivity index (χ2v) is 4.40. The highest BCUT2D eigenvalue weighted by Gasteiger charge is 2.25. The molecule has 0 saturated carbocycles. The van der Waals surface area contributed by atoms with Gasteiger partial charge in [0.05, 0.1) is 5.69 Å². The van der Waals surface area contributed by atoms with Gasteiger partial charge in [-0.15, -0.1) is 0 Å². The van der Waals surface area contributed by atoms with Crippen molar-refractivity contribution in [3.05, 3.63) is 40.6 Å². The summed E-state index contributed by atoms with van der Waals surface area (Å²) >= 11 is 6.13. The van der Waals surface area contributed by atoms with Gasteiger partial charge in [0.1, 0.15) is 0 Å². The Kier molecular flexibility index (Phi) is 1.95. The molecule has 0 saturated heterocycles. The number of aromatic amines is 1. The molecule has 0 bridgehead atoms. The van der Waals surface area contributed by atoms with Crippen LogP contribution >= 0.6 is 11.6 Å².